The van der Waals surface area contributed by atoms with Gasteiger partial charge in [-0.3, -0.25) is 19.4 Å². The van der Waals surface area contributed by atoms with Crippen molar-refractivity contribution in [1.82, 2.24) is 20.0 Å². The molecule has 2 aromatic rings. The van der Waals surface area contributed by atoms with E-state index >= 15 is 0 Å². The van der Waals surface area contributed by atoms with E-state index in [0.717, 1.165) is 24.4 Å². The summed E-state index contributed by atoms with van der Waals surface area (Å²) in [5.74, 6) is 0.464. The van der Waals surface area contributed by atoms with Gasteiger partial charge in [0.2, 0.25) is 5.91 Å². The summed E-state index contributed by atoms with van der Waals surface area (Å²) in [5, 5.41) is 5.87. The fraction of sp³-hybridized carbons (Fsp3) is 0.438. The summed E-state index contributed by atoms with van der Waals surface area (Å²) in [6.07, 6.45) is 5.10. The molecule has 3 fully saturated rings. The number of anilines is 2. The third kappa shape index (κ3) is 1.92. The van der Waals surface area contributed by atoms with Crippen LogP contribution in [0.3, 0.4) is 0 Å². The van der Waals surface area contributed by atoms with Crippen molar-refractivity contribution in [2.75, 3.05) is 29.4 Å². The molecular formula is C16H18N6O2. The molecule has 0 aliphatic carbocycles. The predicted octanol–water partition coefficient (Wildman–Crippen LogP) is 0.331. The second-order valence-electron chi connectivity index (χ2n) is 6.61. The van der Waals surface area contributed by atoms with Gasteiger partial charge in [-0.25, -0.2) is 9.78 Å². The van der Waals surface area contributed by atoms with Crippen molar-refractivity contribution in [1.29, 1.82) is 0 Å². The average molecular weight is 326 g/mol. The highest BCUT2D eigenvalue weighted by Crippen LogP contribution is 2.33. The highest BCUT2D eigenvalue weighted by Gasteiger charge is 2.38. The van der Waals surface area contributed by atoms with Crippen LogP contribution in [0.1, 0.15) is 12.8 Å². The van der Waals surface area contributed by atoms with Crippen LogP contribution in [0, 0.1) is 0 Å². The van der Waals surface area contributed by atoms with Gasteiger partial charge in [0.1, 0.15) is 5.82 Å². The Bertz CT molecular complexity index is 846. The molecule has 0 aromatic carbocycles. The lowest BCUT2D eigenvalue weighted by Gasteiger charge is -2.30. The predicted molar refractivity (Wildman–Crippen MR) is 88.2 cm³/mol. The van der Waals surface area contributed by atoms with Crippen molar-refractivity contribution in [3.05, 3.63) is 24.5 Å². The normalized spacial score (nSPS) is 26.5. The quantitative estimate of drug-likeness (QED) is 0.831. The highest BCUT2D eigenvalue weighted by molar-refractivity contribution is 6.05. The number of carbonyl (C=O) groups excluding carboxylic acids is 2. The molecule has 8 nitrogen and oxygen atoms in total. The van der Waals surface area contributed by atoms with E-state index in [0.29, 0.717) is 30.9 Å². The van der Waals surface area contributed by atoms with E-state index in [2.05, 4.69) is 26.6 Å². The van der Waals surface area contributed by atoms with Gasteiger partial charge in [-0.15, -0.1) is 0 Å². The molecule has 0 saturated carbocycles. The van der Waals surface area contributed by atoms with Crippen LogP contribution >= 0.6 is 0 Å². The van der Waals surface area contributed by atoms with Crippen LogP contribution in [0.15, 0.2) is 24.5 Å². The lowest BCUT2D eigenvalue weighted by atomic mass is 10.2. The minimum atomic E-state index is -0.386. The Morgan fingerprint density at radius 2 is 2.21 bits per heavy atom. The van der Waals surface area contributed by atoms with Gasteiger partial charge in [0.25, 0.3) is 0 Å². The minimum absolute atomic E-state index is 0.230. The summed E-state index contributed by atoms with van der Waals surface area (Å²) >= 11 is 0. The first-order valence-corrected chi connectivity index (χ1v) is 8.28. The van der Waals surface area contributed by atoms with Crippen LogP contribution in [0.4, 0.5) is 16.3 Å². The summed E-state index contributed by atoms with van der Waals surface area (Å²) in [7, 11) is 0. The Hall–Kier alpha value is -2.61. The molecule has 2 N–H and O–H groups in total. The van der Waals surface area contributed by atoms with Gasteiger partial charge in [-0.05, 0) is 18.6 Å². The van der Waals surface area contributed by atoms with Gasteiger partial charge < -0.3 is 10.2 Å². The standard InChI is InChI=1S/C16H18N6O2/c23-13-3-5-21(16(24)19-13)14-8-18-15-12(2-1-4-20(14)15)22-9-10-6-11(22)7-17-10/h1-2,4,8,10-11,17H,3,5-7,9H2,(H,19,23,24)/t10-,11-/m1/s1. The fourth-order valence-corrected chi connectivity index (χ4v) is 4.05. The maximum Gasteiger partial charge on any atom is 0.329 e. The molecular weight excluding hydrogens is 308 g/mol. The van der Waals surface area contributed by atoms with Crippen LogP contribution in [-0.2, 0) is 4.79 Å². The molecule has 3 aliphatic heterocycles. The zero-order chi connectivity index (χ0) is 16.3. The first-order valence-electron chi connectivity index (χ1n) is 8.28. The lowest BCUT2D eigenvalue weighted by molar-refractivity contribution is -0.120. The molecule has 3 amide bonds. The third-order valence-corrected chi connectivity index (χ3v) is 5.19. The van der Waals surface area contributed by atoms with Crippen molar-refractivity contribution in [2.24, 2.45) is 0 Å². The Labute approximate surface area is 138 Å². The molecule has 2 aromatic heterocycles. The molecule has 2 bridgehead atoms. The van der Waals surface area contributed by atoms with Gasteiger partial charge in [0.05, 0.1) is 11.9 Å². The summed E-state index contributed by atoms with van der Waals surface area (Å²) in [4.78, 5) is 32.0. The molecule has 124 valence electrons. The maximum atomic E-state index is 12.1. The number of piperazine rings is 1. The van der Waals surface area contributed by atoms with Crippen molar-refractivity contribution in [3.8, 4) is 0 Å². The molecule has 0 spiro atoms. The van der Waals surface area contributed by atoms with Crippen molar-refractivity contribution in [3.63, 3.8) is 0 Å². The maximum absolute atomic E-state index is 12.1. The largest absolute Gasteiger partial charge is 0.363 e. The van der Waals surface area contributed by atoms with E-state index in [4.69, 9.17) is 0 Å². The summed E-state index contributed by atoms with van der Waals surface area (Å²) in [6, 6.07) is 4.76. The number of aromatic nitrogens is 2. The Balaban J connectivity index is 1.55. The minimum Gasteiger partial charge on any atom is -0.363 e. The van der Waals surface area contributed by atoms with E-state index in [1.807, 2.05) is 16.7 Å². The summed E-state index contributed by atoms with van der Waals surface area (Å²) < 4.78 is 1.93. The Kier molecular flexibility index (Phi) is 2.84. The number of hydrogen-bond donors (Lipinski definition) is 2. The number of rotatable bonds is 2. The van der Waals surface area contributed by atoms with Gasteiger partial charge in [0, 0.05) is 44.3 Å². The Morgan fingerprint density at radius 1 is 1.29 bits per heavy atom. The van der Waals surface area contributed by atoms with Crippen molar-refractivity contribution in [2.45, 2.75) is 24.9 Å². The van der Waals surface area contributed by atoms with E-state index in [1.165, 1.54) is 6.42 Å². The second-order valence-corrected chi connectivity index (χ2v) is 6.61. The number of pyridine rings is 1. The third-order valence-electron chi connectivity index (χ3n) is 5.19. The SMILES string of the molecule is O=C1CCN(c2cnc3c(N4C[C@H]5C[C@@H]4CN5)cccn23)C(=O)N1. The molecule has 8 heteroatoms. The number of amides is 3. The number of nitrogens with zero attached hydrogens (tertiary/aromatic N) is 4. The second kappa shape index (κ2) is 4.94. The van der Waals surface area contributed by atoms with Gasteiger partial charge in [-0.2, -0.15) is 0 Å². The van der Waals surface area contributed by atoms with Crippen LogP contribution in [-0.4, -0.2) is 53.0 Å². The average Bonchev–Trinajstić information content (AvgIpc) is 3.29. The Morgan fingerprint density at radius 3 is 2.96 bits per heavy atom. The van der Waals surface area contributed by atoms with Crippen LogP contribution in [0.2, 0.25) is 0 Å². The molecule has 3 saturated heterocycles. The van der Waals surface area contributed by atoms with Crippen molar-refractivity contribution >= 4 is 29.1 Å². The van der Waals surface area contributed by atoms with Crippen molar-refractivity contribution < 1.29 is 9.59 Å². The molecule has 0 unspecified atom stereocenters. The molecule has 24 heavy (non-hydrogen) atoms. The molecule has 3 aliphatic rings. The van der Waals surface area contributed by atoms with Crippen LogP contribution in [0.25, 0.3) is 5.65 Å². The van der Waals surface area contributed by atoms with E-state index in [9.17, 15) is 9.59 Å². The fourth-order valence-electron chi connectivity index (χ4n) is 4.05. The van der Waals surface area contributed by atoms with Crippen LogP contribution in [0.5, 0.6) is 0 Å². The lowest BCUT2D eigenvalue weighted by Crippen LogP contribution is -2.50. The zero-order valence-corrected chi connectivity index (χ0v) is 13.1. The number of nitrogens with one attached hydrogen (secondary N) is 2. The number of urea groups is 1. The molecule has 0 radical (unpaired) electrons. The highest BCUT2D eigenvalue weighted by atomic mass is 16.2. The first-order chi connectivity index (χ1) is 11.7. The molecule has 5 heterocycles. The number of carbonyl (C=O) groups is 2. The first kappa shape index (κ1) is 13.8. The van der Waals surface area contributed by atoms with E-state index in [1.54, 1.807) is 11.1 Å². The number of imidazole rings is 1. The monoisotopic (exact) mass is 326 g/mol. The van der Waals surface area contributed by atoms with Crippen LogP contribution < -0.4 is 20.4 Å². The van der Waals surface area contributed by atoms with E-state index in [-0.39, 0.29) is 11.9 Å². The number of hydrogen-bond acceptors (Lipinski definition) is 5. The van der Waals surface area contributed by atoms with Gasteiger partial charge >= 0.3 is 6.03 Å². The summed E-state index contributed by atoms with van der Waals surface area (Å²) in [6.45, 7) is 2.38. The number of imide groups is 1. The molecule has 5 rings (SSSR count). The van der Waals surface area contributed by atoms with E-state index < -0.39 is 0 Å². The smallest absolute Gasteiger partial charge is 0.329 e. The topological polar surface area (TPSA) is 82.0 Å². The number of fused-ring (bicyclic) bond motifs is 3. The van der Waals surface area contributed by atoms with Gasteiger partial charge in [0.15, 0.2) is 5.65 Å². The summed E-state index contributed by atoms with van der Waals surface area (Å²) in [5.41, 5.74) is 1.95. The zero-order valence-electron chi connectivity index (χ0n) is 13.1. The molecule has 2 atom stereocenters. The van der Waals surface area contributed by atoms with Gasteiger partial charge in [-0.1, -0.05) is 0 Å².